The molecule has 0 spiro atoms. The van der Waals surface area contributed by atoms with Gasteiger partial charge in [0.15, 0.2) is 17.9 Å². The second-order valence-electron chi connectivity index (χ2n) is 22.0. The van der Waals surface area contributed by atoms with E-state index >= 15 is 0 Å². The van der Waals surface area contributed by atoms with Crippen molar-refractivity contribution in [3.63, 3.8) is 0 Å². The van der Waals surface area contributed by atoms with Crippen molar-refractivity contribution in [2.75, 3.05) is 18.5 Å². The average molecular weight is 1170 g/mol. The van der Waals surface area contributed by atoms with Gasteiger partial charge in [0.1, 0.15) is 36.3 Å². The first-order valence-electron chi connectivity index (χ1n) is 27.8. The molecule has 0 saturated carbocycles. The number of nitrogens with zero attached hydrogens (tertiary/aromatic N) is 1. The molecule has 5 rings (SSSR count). The number of aliphatic hydroxyl groups is 14. The average Bonchev–Trinajstić information content (AvgIpc) is 3.82. The van der Waals surface area contributed by atoms with Crippen molar-refractivity contribution < 1.29 is 109 Å². The Morgan fingerprint density at radius 1 is 0.683 bits per heavy atom. The van der Waals surface area contributed by atoms with Gasteiger partial charge in [-0.25, -0.2) is 0 Å². The summed E-state index contributed by atoms with van der Waals surface area (Å²) in [7, 11) is 0. The molecule has 25 heteroatoms. The third-order valence-electron chi connectivity index (χ3n) is 15.1. The minimum atomic E-state index is -2.48. The molecule has 1 aromatic heterocycles. The Balaban J connectivity index is 1.43. The number of fused-ring (bicyclic) bond motifs is 2. The minimum Gasteiger partial charge on any atom is -0.462 e. The number of ether oxygens (including phenoxy) is 5. The predicted octanol–water partition coefficient (Wildman–Crippen LogP) is -1.01. The highest BCUT2D eigenvalue weighted by atomic mass is 16.7. The van der Waals surface area contributed by atoms with Gasteiger partial charge in [0.05, 0.1) is 98.7 Å². The number of hydrogen-bond acceptors (Lipinski definition) is 24. The molecule has 1 amide bonds. The summed E-state index contributed by atoms with van der Waals surface area (Å²) in [4.78, 5) is 26.9. The second kappa shape index (κ2) is 32.2. The fourth-order valence-electron chi connectivity index (χ4n) is 10.1. The summed E-state index contributed by atoms with van der Waals surface area (Å²) >= 11 is 0. The van der Waals surface area contributed by atoms with Crippen LogP contribution in [0.1, 0.15) is 84.8 Å². The van der Waals surface area contributed by atoms with Crippen molar-refractivity contribution in [1.29, 1.82) is 0 Å². The lowest BCUT2D eigenvalue weighted by Crippen LogP contribution is -2.69. The number of carbonyl (C=O) groups is 2. The van der Waals surface area contributed by atoms with Gasteiger partial charge in [0.25, 0.3) is 0 Å². The fraction of sp³-hybridized carbons (Fsp3) is 0.667. The monoisotopic (exact) mass is 1170 g/mol. The van der Waals surface area contributed by atoms with Crippen molar-refractivity contribution in [2.45, 2.75) is 208 Å². The number of nitrogens with one attached hydrogen (secondary N) is 2. The maximum absolute atomic E-state index is 14.1. The van der Waals surface area contributed by atoms with E-state index in [-0.39, 0.29) is 31.0 Å². The Kier molecular flexibility index (Phi) is 26.8. The molecule has 3 fully saturated rings. The van der Waals surface area contributed by atoms with E-state index in [1.54, 1.807) is 99.8 Å². The third kappa shape index (κ3) is 20.4. The van der Waals surface area contributed by atoms with Crippen LogP contribution in [0.2, 0.25) is 0 Å². The third-order valence-corrected chi connectivity index (χ3v) is 15.1. The summed E-state index contributed by atoms with van der Waals surface area (Å²) < 4.78 is 34.4. The largest absolute Gasteiger partial charge is 0.462 e. The number of rotatable bonds is 7. The van der Waals surface area contributed by atoms with Crippen LogP contribution in [0.5, 0.6) is 0 Å². The molecule has 25 nitrogen and oxygen atoms in total. The quantitative estimate of drug-likeness (QED) is 0.146. The van der Waals surface area contributed by atoms with Crippen LogP contribution in [0.3, 0.4) is 0 Å². The van der Waals surface area contributed by atoms with E-state index in [1.165, 1.54) is 19.1 Å². The Bertz CT molecular complexity index is 2350. The first-order chi connectivity index (χ1) is 38.7. The predicted molar refractivity (Wildman–Crippen MR) is 292 cm³/mol. The maximum atomic E-state index is 14.1. The van der Waals surface area contributed by atoms with Gasteiger partial charge in [0.2, 0.25) is 11.7 Å². The lowest BCUT2D eigenvalue weighted by molar-refractivity contribution is -0.323. The maximum Gasteiger partial charge on any atom is 0.308 e. The van der Waals surface area contributed by atoms with Gasteiger partial charge >= 0.3 is 5.97 Å². The molecule has 2 bridgehead atoms. The summed E-state index contributed by atoms with van der Waals surface area (Å²) in [5.41, 5.74) is 0. The minimum absolute atomic E-state index is 0.0132. The van der Waals surface area contributed by atoms with E-state index in [0.29, 0.717) is 5.76 Å². The molecule has 23 atom stereocenters. The number of esters is 1. The van der Waals surface area contributed by atoms with E-state index in [0.717, 1.165) is 0 Å². The fourth-order valence-corrected chi connectivity index (χ4v) is 10.1. The van der Waals surface area contributed by atoms with Crippen molar-refractivity contribution in [3.8, 4) is 0 Å². The molecule has 4 aliphatic rings. The molecular weight excluding hydrogens is 1080 g/mol. The lowest BCUT2D eigenvalue weighted by atomic mass is 9.82. The number of cyclic esters (lactones) is 1. The van der Waals surface area contributed by atoms with E-state index in [9.17, 15) is 81.1 Å². The summed E-state index contributed by atoms with van der Waals surface area (Å²) in [6.07, 6.45) is -3.94. The highest BCUT2D eigenvalue weighted by molar-refractivity contribution is 5.92. The van der Waals surface area contributed by atoms with E-state index in [1.807, 2.05) is 6.92 Å². The van der Waals surface area contributed by atoms with Gasteiger partial charge in [0, 0.05) is 43.6 Å². The molecule has 3 unspecified atom stereocenters. The number of aliphatic hydroxyl groups excluding tert-OH is 12. The van der Waals surface area contributed by atoms with E-state index < -0.39 is 191 Å². The van der Waals surface area contributed by atoms with Crippen LogP contribution in [-0.2, 0) is 33.3 Å². The number of hydrogen-bond donors (Lipinski definition) is 16. The van der Waals surface area contributed by atoms with Crippen LogP contribution in [0.15, 0.2) is 95.7 Å². The summed E-state index contributed by atoms with van der Waals surface area (Å²) in [5.74, 6) is -8.43. The normalized spacial score (nSPS) is 41.5. The standard InChI is InChI=1S/C57H87N3O22/c1-31-18-16-14-12-10-8-6-7-9-11-13-15-17-19-39(80-55-52(72)48(50(70)35(5)79-55)58-30-57(76)53(73)51(71)43(67)29-77-57)26-44-47(54(74)59-45-22-32(2)82-60-45)42(66)28-56(75,81-44)27-38(63)24-41(65)40(64)21-20-36(61)23-37(62)25-46(68)78-34(4)33(3)49(31)69/h6-19,22,31,33-44,47-53,55,58,61-67,69-73,75-76H,20-21,23-30H2,1-5H3,(H,59,60,74)/t31-,33?,34-,35+,36+,37+,38-,39-,40+,41+,42-,43+,44?,47?,48-,49+,50+,51+,52-,53-,55-,56+,57+/m0/s1. The van der Waals surface area contributed by atoms with Crippen molar-refractivity contribution in [2.24, 2.45) is 17.8 Å². The van der Waals surface area contributed by atoms with Crippen molar-refractivity contribution in [3.05, 3.63) is 96.9 Å². The Labute approximate surface area is 476 Å². The molecule has 5 heterocycles. The number of anilines is 1. The zero-order valence-electron chi connectivity index (χ0n) is 46.8. The molecule has 0 aliphatic carbocycles. The molecule has 4 aliphatic heterocycles. The molecule has 0 aromatic carbocycles. The Morgan fingerprint density at radius 3 is 1.93 bits per heavy atom. The van der Waals surface area contributed by atoms with Crippen LogP contribution in [-0.4, -0.2) is 223 Å². The smallest absolute Gasteiger partial charge is 0.308 e. The van der Waals surface area contributed by atoms with Crippen molar-refractivity contribution >= 4 is 17.7 Å². The number of amides is 1. The van der Waals surface area contributed by atoms with Crippen LogP contribution < -0.4 is 10.6 Å². The SMILES string of the molecule is Cc1cc(NC(=O)C2C3C[C@@H](O[C@@H]4O[C@H](C)[C@@H](O)[C@H](NC[C@@]5(O)OC[C@@H](O)[C@@H](O)[C@@H]5O)[C@@H]4O)C=CC=CC=CC=CC=CC=CC=C[C@H](C)[C@@H](O)C(C)[C@H](C)OC(=O)C[C@H](O)C[C@H](O)CC[C@@H](O)[C@H](O)C[C@H](O)C[C@](O)(C[C@@H]2O)O3)no1. The molecular formula is C57H87N3O22. The van der Waals surface area contributed by atoms with Crippen LogP contribution >= 0.6 is 0 Å². The van der Waals surface area contributed by atoms with Gasteiger partial charge in [-0.2, -0.15) is 0 Å². The van der Waals surface area contributed by atoms with Crippen LogP contribution in [0.25, 0.3) is 0 Å². The highest BCUT2D eigenvalue weighted by Crippen LogP contribution is 2.39. The first-order valence-corrected chi connectivity index (χ1v) is 27.8. The van der Waals surface area contributed by atoms with Gasteiger partial charge in [-0.1, -0.05) is 104 Å². The molecule has 3 saturated heterocycles. The van der Waals surface area contributed by atoms with Crippen molar-refractivity contribution in [1.82, 2.24) is 10.5 Å². The number of allylic oxidation sites excluding steroid dienone is 12. The van der Waals surface area contributed by atoms with Gasteiger partial charge in [-0.15, -0.1) is 0 Å². The molecule has 462 valence electrons. The number of aryl methyl sites for hydroxylation is 1. The van der Waals surface area contributed by atoms with Crippen LogP contribution in [0.4, 0.5) is 5.82 Å². The summed E-state index contributed by atoms with van der Waals surface area (Å²) in [5, 5.41) is 163. The Morgan fingerprint density at radius 2 is 1.30 bits per heavy atom. The molecule has 16 N–H and O–H groups in total. The second-order valence-corrected chi connectivity index (χ2v) is 22.0. The molecule has 1 aromatic rings. The number of aromatic nitrogens is 1. The van der Waals surface area contributed by atoms with E-state index in [4.69, 9.17) is 28.2 Å². The first kappa shape index (κ1) is 68.4. The highest BCUT2D eigenvalue weighted by Gasteiger charge is 2.53. The lowest BCUT2D eigenvalue weighted by Gasteiger charge is -2.47. The summed E-state index contributed by atoms with van der Waals surface area (Å²) in [6.45, 7) is 7.00. The zero-order chi connectivity index (χ0) is 60.5. The van der Waals surface area contributed by atoms with Gasteiger partial charge in [-0.05, 0) is 40.0 Å². The number of carbonyl (C=O) groups excluding carboxylic acids is 2. The van der Waals surface area contributed by atoms with Gasteiger partial charge < -0.3 is 110 Å². The zero-order valence-corrected chi connectivity index (χ0v) is 46.8. The van der Waals surface area contributed by atoms with E-state index in [2.05, 4.69) is 15.8 Å². The Hall–Kier alpha value is -4.43. The van der Waals surface area contributed by atoms with Crippen LogP contribution in [0, 0.1) is 24.7 Å². The molecule has 0 radical (unpaired) electrons. The topological polar surface area (TPSA) is 414 Å². The molecule has 82 heavy (non-hydrogen) atoms. The summed E-state index contributed by atoms with van der Waals surface area (Å²) in [6, 6.07) is 0.0544. The van der Waals surface area contributed by atoms with Gasteiger partial charge in [-0.3, -0.25) is 9.59 Å².